The zero-order valence-electron chi connectivity index (χ0n) is 9.67. The van der Waals surface area contributed by atoms with Crippen LogP contribution >= 0.6 is 11.8 Å². The lowest BCUT2D eigenvalue weighted by Gasteiger charge is -2.04. The van der Waals surface area contributed by atoms with Gasteiger partial charge in [0.2, 0.25) is 0 Å². The number of rotatable bonds is 5. The Kier molecular flexibility index (Phi) is 4.65. The molecule has 1 N–H and O–H groups in total. The van der Waals surface area contributed by atoms with Gasteiger partial charge < -0.3 is 5.11 Å². The topological polar surface area (TPSA) is 20.2 Å². The van der Waals surface area contributed by atoms with Crippen LogP contribution in [0.3, 0.4) is 0 Å². The Morgan fingerprint density at radius 1 is 0.882 bits per heavy atom. The maximum atomic E-state index is 8.91. The number of aliphatic hydroxyl groups is 1. The van der Waals surface area contributed by atoms with Crippen LogP contribution < -0.4 is 0 Å². The third kappa shape index (κ3) is 3.91. The minimum Gasteiger partial charge on any atom is -0.396 e. The van der Waals surface area contributed by atoms with Crippen LogP contribution in [0.4, 0.5) is 0 Å². The van der Waals surface area contributed by atoms with Gasteiger partial charge in [0.25, 0.3) is 0 Å². The van der Waals surface area contributed by atoms with Crippen molar-refractivity contribution in [3.05, 3.63) is 65.7 Å². The van der Waals surface area contributed by atoms with E-state index in [4.69, 9.17) is 5.11 Å². The van der Waals surface area contributed by atoms with E-state index in [1.165, 1.54) is 16.0 Å². The molecule has 0 radical (unpaired) electrons. The highest BCUT2D eigenvalue weighted by Crippen LogP contribution is 2.23. The maximum absolute atomic E-state index is 8.91. The average molecular weight is 244 g/mol. The van der Waals surface area contributed by atoms with Gasteiger partial charge in [-0.2, -0.15) is 0 Å². The fourth-order valence-corrected chi connectivity index (χ4v) is 2.60. The average Bonchev–Trinajstić information content (AvgIpc) is 2.39. The Hall–Kier alpha value is -1.25. The zero-order chi connectivity index (χ0) is 11.9. The van der Waals surface area contributed by atoms with Crippen molar-refractivity contribution in [2.45, 2.75) is 17.1 Å². The maximum Gasteiger partial charge on any atom is 0.0471 e. The van der Waals surface area contributed by atoms with Crippen molar-refractivity contribution in [3.63, 3.8) is 0 Å². The summed E-state index contributed by atoms with van der Waals surface area (Å²) in [7, 11) is 0. The summed E-state index contributed by atoms with van der Waals surface area (Å²) in [6.07, 6.45) is 0.736. The van der Waals surface area contributed by atoms with Crippen molar-refractivity contribution in [3.8, 4) is 0 Å². The van der Waals surface area contributed by atoms with E-state index in [0.29, 0.717) is 0 Å². The number of aliphatic hydroxyl groups excluding tert-OH is 1. The quantitative estimate of drug-likeness (QED) is 0.812. The first-order valence-electron chi connectivity index (χ1n) is 5.75. The first-order valence-corrected chi connectivity index (χ1v) is 6.73. The van der Waals surface area contributed by atoms with Crippen molar-refractivity contribution in [1.82, 2.24) is 0 Å². The zero-order valence-corrected chi connectivity index (χ0v) is 10.5. The van der Waals surface area contributed by atoms with Gasteiger partial charge in [-0.25, -0.2) is 0 Å². The van der Waals surface area contributed by atoms with Crippen molar-refractivity contribution in [1.29, 1.82) is 0 Å². The molecule has 0 aromatic heterocycles. The molecule has 0 amide bonds. The van der Waals surface area contributed by atoms with Gasteiger partial charge >= 0.3 is 0 Å². The normalized spacial score (nSPS) is 10.4. The molecule has 2 aromatic carbocycles. The molecule has 0 fully saturated rings. The molecule has 0 heterocycles. The van der Waals surface area contributed by atoms with E-state index < -0.39 is 0 Å². The molecule has 0 aliphatic carbocycles. The fourth-order valence-electron chi connectivity index (χ4n) is 1.66. The van der Waals surface area contributed by atoms with Gasteiger partial charge in [0, 0.05) is 17.3 Å². The van der Waals surface area contributed by atoms with Crippen LogP contribution in [0.25, 0.3) is 0 Å². The summed E-state index contributed by atoms with van der Waals surface area (Å²) in [6, 6.07) is 18.8. The number of hydrogen-bond acceptors (Lipinski definition) is 2. The molecule has 2 aromatic rings. The predicted octanol–water partition coefficient (Wildman–Crippen LogP) is 3.51. The highest BCUT2D eigenvalue weighted by Gasteiger charge is 1.98. The molecule has 0 unspecified atom stereocenters. The minimum absolute atomic E-state index is 0.215. The van der Waals surface area contributed by atoms with Crippen LogP contribution in [0.15, 0.2) is 59.5 Å². The molecular weight excluding hydrogens is 228 g/mol. The Morgan fingerprint density at radius 2 is 1.65 bits per heavy atom. The SMILES string of the molecule is OCCc1cccc(SCc2ccccc2)c1. The van der Waals surface area contributed by atoms with E-state index in [0.717, 1.165) is 12.2 Å². The molecule has 2 heteroatoms. The summed E-state index contributed by atoms with van der Waals surface area (Å²) < 4.78 is 0. The van der Waals surface area contributed by atoms with Crippen LogP contribution in [0.2, 0.25) is 0 Å². The van der Waals surface area contributed by atoms with Crippen molar-refractivity contribution < 1.29 is 5.11 Å². The third-order valence-corrected chi connectivity index (χ3v) is 3.61. The lowest BCUT2D eigenvalue weighted by Crippen LogP contribution is -1.90. The first kappa shape index (κ1) is 12.2. The van der Waals surface area contributed by atoms with E-state index in [9.17, 15) is 0 Å². The summed E-state index contributed by atoms with van der Waals surface area (Å²) in [4.78, 5) is 1.26. The third-order valence-electron chi connectivity index (χ3n) is 2.55. The molecule has 0 spiro atoms. The first-order chi connectivity index (χ1) is 8.38. The Labute approximate surface area is 107 Å². The monoisotopic (exact) mass is 244 g/mol. The highest BCUT2D eigenvalue weighted by molar-refractivity contribution is 7.98. The van der Waals surface area contributed by atoms with E-state index >= 15 is 0 Å². The second-order valence-corrected chi connectivity index (χ2v) is 4.94. The van der Waals surface area contributed by atoms with E-state index in [1.807, 2.05) is 17.8 Å². The van der Waals surface area contributed by atoms with Crippen molar-refractivity contribution in [2.75, 3.05) is 6.61 Å². The highest BCUT2D eigenvalue weighted by atomic mass is 32.2. The molecule has 1 nitrogen and oxygen atoms in total. The van der Waals surface area contributed by atoms with E-state index in [2.05, 4.69) is 48.5 Å². The molecular formula is C15H16OS. The lowest BCUT2D eigenvalue weighted by molar-refractivity contribution is 0.299. The van der Waals surface area contributed by atoms with Gasteiger partial charge in [-0.1, -0.05) is 42.5 Å². The summed E-state index contributed by atoms with van der Waals surface area (Å²) in [6.45, 7) is 0.215. The molecule has 0 aliphatic heterocycles. The molecule has 0 saturated heterocycles. The Morgan fingerprint density at radius 3 is 2.41 bits per heavy atom. The predicted molar refractivity (Wildman–Crippen MR) is 73.2 cm³/mol. The van der Waals surface area contributed by atoms with Crippen molar-refractivity contribution >= 4 is 11.8 Å². The largest absolute Gasteiger partial charge is 0.396 e. The fraction of sp³-hybridized carbons (Fsp3) is 0.200. The number of thioether (sulfide) groups is 1. The van der Waals surface area contributed by atoms with E-state index in [-0.39, 0.29) is 6.61 Å². The molecule has 0 aliphatic rings. The molecule has 0 bridgehead atoms. The Bertz CT molecular complexity index is 453. The van der Waals surface area contributed by atoms with Gasteiger partial charge in [0.1, 0.15) is 0 Å². The van der Waals surface area contributed by atoms with Crippen LogP contribution in [0, 0.1) is 0 Å². The van der Waals surface area contributed by atoms with Gasteiger partial charge in [-0.05, 0) is 29.7 Å². The second-order valence-electron chi connectivity index (χ2n) is 3.90. The van der Waals surface area contributed by atoms with Gasteiger partial charge in [0.05, 0.1) is 0 Å². The number of benzene rings is 2. The van der Waals surface area contributed by atoms with Crippen LogP contribution in [-0.4, -0.2) is 11.7 Å². The van der Waals surface area contributed by atoms with Gasteiger partial charge in [0.15, 0.2) is 0 Å². The van der Waals surface area contributed by atoms with Crippen LogP contribution in [-0.2, 0) is 12.2 Å². The molecule has 17 heavy (non-hydrogen) atoms. The smallest absolute Gasteiger partial charge is 0.0471 e. The molecule has 0 saturated carbocycles. The second kappa shape index (κ2) is 6.48. The van der Waals surface area contributed by atoms with Crippen LogP contribution in [0.1, 0.15) is 11.1 Å². The van der Waals surface area contributed by atoms with Crippen molar-refractivity contribution in [2.24, 2.45) is 0 Å². The summed E-state index contributed by atoms with van der Waals surface area (Å²) in [5, 5.41) is 8.91. The molecule has 88 valence electrons. The minimum atomic E-state index is 0.215. The molecule has 0 atom stereocenters. The van der Waals surface area contributed by atoms with E-state index in [1.54, 1.807) is 0 Å². The summed E-state index contributed by atoms with van der Waals surface area (Å²) in [5.41, 5.74) is 2.54. The van der Waals surface area contributed by atoms with Gasteiger partial charge in [-0.15, -0.1) is 11.8 Å². The molecule has 2 rings (SSSR count). The number of hydrogen-bond donors (Lipinski definition) is 1. The summed E-state index contributed by atoms with van der Waals surface area (Å²) in [5.74, 6) is 0.990. The standard InChI is InChI=1S/C15H16OS/c16-10-9-13-7-4-8-15(11-13)17-12-14-5-2-1-3-6-14/h1-8,11,16H,9-10,12H2. The Balaban J connectivity index is 1.97. The van der Waals surface area contributed by atoms with Crippen LogP contribution in [0.5, 0.6) is 0 Å². The lowest BCUT2D eigenvalue weighted by atomic mass is 10.2. The van der Waals surface area contributed by atoms with Gasteiger partial charge in [-0.3, -0.25) is 0 Å². The summed E-state index contributed by atoms with van der Waals surface area (Å²) >= 11 is 1.83.